The molecular formula is C17H17F3N2O4. The fourth-order valence-electron chi connectivity index (χ4n) is 2.15. The van der Waals surface area contributed by atoms with Gasteiger partial charge in [0.15, 0.2) is 0 Å². The smallest absolute Gasteiger partial charge is 0.416 e. The van der Waals surface area contributed by atoms with E-state index in [2.05, 4.69) is 10.1 Å². The van der Waals surface area contributed by atoms with Crippen LogP contribution in [-0.4, -0.2) is 30.6 Å². The minimum Gasteiger partial charge on any atom is -0.469 e. The highest BCUT2D eigenvalue weighted by atomic mass is 19.4. The van der Waals surface area contributed by atoms with Crippen LogP contribution < -0.4 is 5.32 Å². The van der Waals surface area contributed by atoms with Crippen LogP contribution in [0.5, 0.6) is 0 Å². The van der Waals surface area contributed by atoms with Gasteiger partial charge < -0.3 is 19.4 Å². The Balaban J connectivity index is 2.11. The second-order valence-corrected chi connectivity index (χ2v) is 5.34. The zero-order chi connectivity index (χ0) is 19.2. The maximum absolute atomic E-state index is 12.8. The number of amides is 2. The first-order valence-electron chi connectivity index (χ1n) is 7.62. The molecule has 0 unspecified atom stereocenters. The highest BCUT2D eigenvalue weighted by Crippen LogP contribution is 2.30. The minimum absolute atomic E-state index is 0.00709. The quantitative estimate of drug-likeness (QED) is 0.783. The summed E-state index contributed by atoms with van der Waals surface area (Å²) in [7, 11) is 1.22. The molecule has 1 heterocycles. The van der Waals surface area contributed by atoms with Gasteiger partial charge in [0, 0.05) is 12.2 Å². The van der Waals surface area contributed by atoms with Gasteiger partial charge in [-0.1, -0.05) is 6.07 Å². The molecule has 0 radical (unpaired) electrons. The fraction of sp³-hybridized carbons (Fsp3) is 0.294. The van der Waals surface area contributed by atoms with E-state index in [-0.39, 0.29) is 25.2 Å². The fourth-order valence-corrected chi connectivity index (χ4v) is 2.15. The third-order valence-corrected chi connectivity index (χ3v) is 3.47. The predicted octanol–water partition coefficient (Wildman–Crippen LogP) is 3.90. The van der Waals surface area contributed by atoms with E-state index in [0.717, 1.165) is 12.1 Å². The average molecular weight is 370 g/mol. The molecule has 0 saturated heterocycles. The number of nitrogens with one attached hydrogen (secondary N) is 1. The molecule has 26 heavy (non-hydrogen) atoms. The molecule has 2 aromatic rings. The van der Waals surface area contributed by atoms with E-state index in [0.29, 0.717) is 5.76 Å². The topological polar surface area (TPSA) is 71.8 Å². The van der Waals surface area contributed by atoms with Crippen LogP contribution in [0.1, 0.15) is 17.7 Å². The number of nitrogens with zero attached hydrogens (tertiary/aromatic N) is 1. The lowest BCUT2D eigenvalue weighted by Gasteiger charge is -2.22. The number of methoxy groups -OCH3 is 1. The van der Waals surface area contributed by atoms with Gasteiger partial charge in [0.2, 0.25) is 0 Å². The molecule has 6 nitrogen and oxygen atoms in total. The lowest BCUT2D eigenvalue weighted by atomic mass is 10.2. The van der Waals surface area contributed by atoms with Gasteiger partial charge in [-0.3, -0.25) is 4.79 Å². The van der Waals surface area contributed by atoms with E-state index in [1.54, 1.807) is 12.1 Å². The van der Waals surface area contributed by atoms with E-state index in [1.165, 1.54) is 30.4 Å². The molecule has 0 fully saturated rings. The van der Waals surface area contributed by atoms with Crippen molar-refractivity contribution in [3.8, 4) is 0 Å². The van der Waals surface area contributed by atoms with Crippen molar-refractivity contribution in [1.82, 2.24) is 4.90 Å². The van der Waals surface area contributed by atoms with Crippen LogP contribution in [0, 0.1) is 0 Å². The van der Waals surface area contributed by atoms with Crippen LogP contribution in [0.25, 0.3) is 0 Å². The minimum atomic E-state index is -4.51. The van der Waals surface area contributed by atoms with Crippen LogP contribution >= 0.6 is 0 Å². The van der Waals surface area contributed by atoms with Gasteiger partial charge in [-0.05, 0) is 30.3 Å². The number of halogens is 3. The summed E-state index contributed by atoms with van der Waals surface area (Å²) < 4.78 is 48.0. The van der Waals surface area contributed by atoms with Crippen molar-refractivity contribution >= 4 is 17.7 Å². The Labute approximate surface area is 147 Å². The largest absolute Gasteiger partial charge is 0.469 e. The summed E-state index contributed by atoms with van der Waals surface area (Å²) in [6.45, 7) is 0.0625. The third-order valence-electron chi connectivity index (χ3n) is 3.47. The average Bonchev–Trinajstić information content (AvgIpc) is 3.10. The van der Waals surface area contributed by atoms with Crippen LogP contribution in [0.4, 0.5) is 23.7 Å². The van der Waals surface area contributed by atoms with Crippen LogP contribution in [0.2, 0.25) is 0 Å². The first-order valence-corrected chi connectivity index (χ1v) is 7.62. The number of rotatable bonds is 6. The van der Waals surface area contributed by atoms with Crippen LogP contribution in [0.3, 0.4) is 0 Å². The summed E-state index contributed by atoms with van der Waals surface area (Å²) in [4.78, 5) is 25.0. The molecule has 0 aliphatic rings. The second kappa shape index (κ2) is 8.41. The Morgan fingerprint density at radius 2 is 2.00 bits per heavy atom. The van der Waals surface area contributed by atoms with Crippen molar-refractivity contribution in [3.63, 3.8) is 0 Å². The molecule has 9 heteroatoms. The van der Waals surface area contributed by atoms with Crippen LogP contribution in [0.15, 0.2) is 47.1 Å². The van der Waals surface area contributed by atoms with Gasteiger partial charge in [0.1, 0.15) is 5.76 Å². The van der Waals surface area contributed by atoms with Crippen LogP contribution in [-0.2, 0) is 22.3 Å². The Morgan fingerprint density at radius 1 is 1.23 bits per heavy atom. The lowest BCUT2D eigenvalue weighted by Crippen LogP contribution is -2.36. The molecule has 140 valence electrons. The molecule has 0 bridgehead atoms. The molecule has 2 rings (SSSR count). The Kier molecular flexibility index (Phi) is 6.26. The molecule has 2 amide bonds. The van der Waals surface area contributed by atoms with E-state index in [1.807, 2.05) is 0 Å². The van der Waals surface area contributed by atoms with Crippen molar-refractivity contribution in [1.29, 1.82) is 0 Å². The lowest BCUT2D eigenvalue weighted by molar-refractivity contribution is -0.141. The maximum Gasteiger partial charge on any atom is 0.416 e. The van der Waals surface area contributed by atoms with E-state index in [9.17, 15) is 22.8 Å². The number of carbonyl (C=O) groups excluding carboxylic acids is 2. The SMILES string of the molecule is COC(=O)CCN(Cc1ccco1)C(=O)Nc1cccc(C(F)(F)F)c1. The summed E-state index contributed by atoms with van der Waals surface area (Å²) in [5.41, 5.74) is -0.880. The first-order chi connectivity index (χ1) is 12.3. The van der Waals surface area contributed by atoms with Crippen molar-refractivity contribution in [2.75, 3.05) is 19.0 Å². The van der Waals surface area contributed by atoms with Gasteiger partial charge in [-0.2, -0.15) is 13.2 Å². The number of furan rings is 1. The van der Waals surface area contributed by atoms with Gasteiger partial charge in [-0.25, -0.2) is 4.79 Å². The number of alkyl halides is 3. The molecule has 1 aromatic carbocycles. The van der Waals surface area contributed by atoms with Gasteiger partial charge in [0.05, 0.1) is 31.9 Å². The van der Waals surface area contributed by atoms with E-state index >= 15 is 0 Å². The summed E-state index contributed by atoms with van der Waals surface area (Å²) in [6.07, 6.45) is -3.15. The number of ether oxygens (including phenoxy) is 1. The maximum atomic E-state index is 12.8. The van der Waals surface area contributed by atoms with Crippen molar-refractivity contribution in [2.24, 2.45) is 0 Å². The molecule has 0 spiro atoms. The molecular weight excluding hydrogens is 353 g/mol. The number of urea groups is 1. The predicted molar refractivity (Wildman–Crippen MR) is 86.2 cm³/mol. The molecule has 0 atom stereocenters. The Hall–Kier alpha value is -2.97. The number of hydrogen-bond acceptors (Lipinski definition) is 4. The number of hydrogen-bond donors (Lipinski definition) is 1. The molecule has 0 saturated carbocycles. The summed E-state index contributed by atoms with van der Waals surface area (Å²) in [6, 6.07) is 6.91. The third kappa shape index (κ3) is 5.54. The number of benzene rings is 1. The zero-order valence-corrected chi connectivity index (χ0v) is 13.9. The van der Waals surface area contributed by atoms with E-state index < -0.39 is 23.7 Å². The van der Waals surface area contributed by atoms with Crippen molar-refractivity contribution in [3.05, 3.63) is 54.0 Å². The van der Waals surface area contributed by atoms with Gasteiger partial charge in [0.25, 0.3) is 0 Å². The Morgan fingerprint density at radius 3 is 2.62 bits per heavy atom. The molecule has 1 aromatic heterocycles. The normalized spacial score (nSPS) is 11.1. The highest BCUT2D eigenvalue weighted by molar-refractivity contribution is 5.89. The monoisotopic (exact) mass is 370 g/mol. The van der Waals surface area contributed by atoms with E-state index in [4.69, 9.17) is 4.42 Å². The molecule has 1 N–H and O–H groups in total. The van der Waals surface area contributed by atoms with Gasteiger partial charge in [-0.15, -0.1) is 0 Å². The number of esters is 1. The first kappa shape index (κ1) is 19.4. The summed E-state index contributed by atoms with van der Waals surface area (Å²) >= 11 is 0. The second-order valence-electron chi connectivity index (χ2n) is 5.34. The molecule has 0 aliphatic carbocycles. The zero-order valence-electron chi connectivity index (χ0n) is 13.9. The summed E-state index contributed by atoms with van der Waals surface area (Å²) in [5, 5.41) is 2.40. The highest BCUT2D eigenvalue weighted by Gasteiger charge is 2.30. The standard InChI is InChI=1S/C17H17F3N2O4/c1-25-15(23)7-8-22(11-14-6-3-9-26-14)16(24)21-13-5-2-4-12(10-13)17(18,19)20/h2-6,9-10H,7-8,11H2,1H3,(H,21,24). The Bertz CT molecular complexity index is 745. The summed E-state index contributed by atoms with van der Waals surface area (Å²) in [5.74, 6) is -0.0460. The number of anilines is 1. The number of carbonyl (C=O) groups is 2. The molecule has 0 aliphatic heterocycles. The van der Waals surface area contributed by atoms with Crippen molar-refractivity contribution in [2.45, 2.75) is 19.1 Å². The van der Waals surface area contributed by atoms with Crippen molar-refractivity contribution < 1.29 is 31.9 Å². The van der Waals surface area contributed by atoms with Gasteiger partial charge >= 0.3 is 18.2 Å².